The van der Waals surface area contributed by atoms with Crippen molar-refractivity contribution in [2.24, 2.45) is 5.92 Å². The van der Waals surface area contributed by atoms with E-state index in [1.807, 2.05) is 49.4 Å². The molecule has 1 fully saturated rings. The normalized spacial score (nSPS) is 17.0. The lowest BCUT2D eigenvalue weighted by molar-refractivity contribution is -0.122. The van der Waals surface area contributed by atoms with Gasteiger partial charge in [-0.15, -0.1) is 0 Å². The van der Waals surface area contributed by atoms with Crippen molar-refractivity contribution in [3.05, 3.63) is 58.1 Å². The molecule has 0 saturated carbocycles. The van der Waals surface area contributed by atoms with Crippen LogP contribution in [0.5, 0.6) is 0 Å². The van der Waals surface area contributed by atoms with Crippen molar-refractivity contribution in [1.29, 1.82) is 0 Å². The molecule has 4 nitrogen and oxygen atoms in total. The predicted octanol–water partition coefficient (Wildman–Crippen LogP) is 4.31. The Morgan fingerprint density at radius 2 is 2.04 bits per heavy atom. The molecule has 5 heteroatoms. The third-order valence-corrected chi connectivity index (χ3v) is 5.10. The second kappa shape index (κ2) is 7.40. The van der Waals surface area contributed by atoms with E-state index in [1.165, 1.54) is 0 Å². The second-order valence-corrected chi connectivity index (χ2v) is 7.25. The van der Waals surface area contributed by atoms with Crippen LogP contribution in [0.3, 0.4) is 0 Å². The Labute approximate surface area is 156 Å². The van der Waals surface area contributed by atoms with E-state index in [9.17, 15) is 9.59 Å². The van der Waals surface area contributed by atoms with Crippen LogP contribution < -0.4 is 10.2 Å². The topological polar surface area (TPSA) is 49.4 Å². The molecule has 1 aliphatic rings. The van der Waals surface area contributed by atoms with Gasteiger partial charge in [0.15, 0.2) is 0 Å². The molecule has 0 spiro atoms. The highest BCUT2D eigenvalue weighted by molar-refractivity contribution is 9.10. The molecule has 0 bridgehead atoms. The van der Waals surface area contributed by atoms with Gasteiger partial charge in [0.25, 0.3) is 0 Å². The van der Waals surface area contributed by atoms with E-state index in [0.717, 1.165) is 33.4 Å². The van der Waals surface area contributed by atoms with Crippen molar-refractivity contribution in [3.63, 3.8) is 0 Å². The van der Waals surface area contributed by atoms with Crippen molar-refractivity contribution < 1.29 is 9.59 Å². The van der Waals surface area contributed by atoms with Gasteiger partial charge in [0.05, 0.1) is 5.92 Å². The maximum atomic E-state index is 12.6. The van der Waals surface area contributed by atoms with Crippen LogP contribution in [0.4, 0.5) is 11.4 Å². The number of aryl methyl sites for hydroxylation is 2. The smallest absolute Gasteiger partial charge is 0.229 e. The number of para-hydroxylation sites is 1. The fraction of sp³-hybridized carbons (Fsp3) is 0.300. The molecule has 0 aromatic heterocycles. The lowest BCUT2D eigenvalue weighted by Crippen LogP contribution is -2.28. The van der Waals surface area contributed by atoms with Crippen LogP contribution >= 0.6 is 15.9 Å². The fourth-order valence-electron chi connectivity index (χ4n) is 3.19. The van der Waals surface area contributed by atoms with E-state index in [4.69, 9.17) is 0 Å². The van der Waals surface area contributed by atoms with Gasteiger partial charge >= 0.3 is 0 Å². The fourth-order valence-corrected chi connectivity index (χ4v) is 3.67. The van der Waals surface area contributed by atoms with E-state index in [0.29, 0.717) is 6.54 Å². The minimum atomic E-state index is -0.333. The molecule has 0 radical (unpaired) electrons. The first kappa shape index (κ1) is 17.7. The number of amides is 2. The zero-order valence-electron chi connectivity index (χ0n) is 14.4. The summed E-state index contributed by atoms with van der Waals surface area (Å²) >= 11 is 3.42. The summed E-state index contributed by atoms with van der Waals surface area (Å²) in [5, 5.41) is 2.96. The second-order valence-electron chi connectivity index (χ2n) is 6.34. The monoisotopic (exact) mass is 400 g/mol. The molecular weight excluding hydrogens is 380 g/mol. The molecule has 1 aliphatic heterocycles. The van der Waals surface area contributed by atoms with Gasteiger partial charge in [0.2, 0.25) is 11.8 Å². The van der Waals surface area contributed by atoms with Crippen LogP contribution in [0.1, 0.15) is 24.5 Å². The van der Waals surface area contributed by atoms with Gasteiger partial charge in [0, 0.05) is 28.8 Å². The molecule has 3 rings (SSSR count). The summed E-state index contributed by atoms with van der Waals surface area (Å²) in [6, 6.07) is 13.6. The number of hydrogen-bond donors (Lipinski definition) is 1. The van der Waals surface area contributed by atoms with Crippen LogP contribution in [0.15, 0.2) is 46.9 Å². The van der Waals surface area contributed by atoms with Crippen molar-refractivity contribution >= 4 is 39.1 Å². The summed E-state index contributed by atoms with van der Waals surface area (Å²) in [7, 11) is 0. The highest BCUT2D eigenvalue weighted by atomic mass is 79.9. The summed E-state index contributed by atoms with van der Waals surface area (Å²) < 4.78 is 0.974. The van der Waals surface area contributed by atoms with Crippen molar-refractivity contribution in [2.75, 3.05) is 16.8 Å². The third kappa shape index (κ3) is 3.76. The molecule has 0 aliphatic carbocycles. The van der Waals surface area contributed by atoms with E-state index in [1.54, 1.807) is 4.90 Å². The first-order chi connectivity index (χ1) is 12.0. The van der Waals surface area contributed by atoms with E-state index < -0.39 is 0 Å². The maximum Gasteiger partial charge on any atom is 0.229 e. The number of benzene rings is 2. The van der Waals surface area contributed by atoms with Gasteiger partial charge in [-0.05, 0) is 48.7 Å². The lowest BCUT2D eigenvalue weighted by Gasteiger charge is -2.20. The summed E-state index contributed by atoms with van der Waals surface area (Å²) in [6.07, 6.45) is 1.11. The minimum Gasteiger partial charge on any atom is -0.326 e. The van der Waals surface area contributed by atoms with Crippen LogP contribution in [-0.4, -0.2) is 18.4 Å². The zero-order valence-corrected chi connectivity index (χ0v) is 16.0. The number of halogens is 1. The Kier molecular flexibility index (Phi) is 5.23. The predicted molar refractivity (Wildman–Crippen MR) is 104 cm³/mol. The summed E-state index contributed by atoms with van der Waals surface area (Å²) in [5.74, 6) is -0.427. The number of hydrogen-bond acceptors (Lipinski definition) is 2. The number of carbonyl (C=O) groups is 2. The Balaban J connectivity index is 1.74. The average Bonchev–Trinajstić information content (AvgIpc) is 2.99. The first-order valence-corrected chi connectivity index (χ1v) is 9.24. The number of nitrogens with zero attached hydrogens (tertiary/aromatic N) is 1. The Morgan fingerprint density at radius 3 is 2.76 bits per heavy atom. The number of rotatable bonds is 4. The van der Waals surface area contributed by atoms with Crippen molar-refractivity contribution in [3.8, 4) is 0 Å². The van der Waals surface area contributed by atoms with Gasteiger partial charge in [0.1, 0.15) is 0 Å². The van der Waals surface area contributed by atoms with Crippen molar-refractivity contribution in [2.45, 2.75) is 26.7 Å². The molecule has 130 valence electrons. The van der Waals surface area contributed by atoms with Crippen molar-refractivity contribution in [1.82, 2.24) is 0 Å². The minimum absolute atomic E-state index is 0.00794. The molecule has 1 atom stereocenters. The number of nitrogens with one attached hydrogen (secondary N) is 1. The summed E-state index contributed by atoms with van der Waals surface area (Å²) in [4.78, 5) is 26.8. The molecule has 25 heavy (non-hydrogen) atoms. The highest BCUT2D eigenvalue weighted by Gasteiger charge is 2.35. The molecule has 1 heterocycles. The van der Waals surface area contributed by atoms with E-state index >= 15 is 0 Å². The number of carbonyl (C=O) groups excluding carboxylic acids is 2. The van der Waals surface area contributed by atoms with Gasteiger partial charge in [-0.2, -0.15) is 0 Å². The molecule has 1 unspecified atom stereocenters. The highest BCUT2D eigenvalue weighted by Crippen LogP contribution is 2.29. The standard InChI is InChI=1S/C20H21BrN2O2/c1-3-14-6-4-5-7-18(14)23-12-15(11-19(23)24)20(25)22-17-9-8-16(21)10-13(17)2/h4-10,15H,3,11-12H2,1-2H3,(H,22,25). The molecular formula is C20H21BrN2O2. The summed E-state index contributed by atoms with van der Waals surface area (Å²) in [6.45, 7) is 4.45. The van der Waals surface area contributed by atoms with Gasteiger partial charge in [-0.1, -0.05) is 41.1 Å². The van der Waals surface area contributed by atoms with Crippen LogP contribution in [0, 0.1) is 12.8 Å². The third-order valence-electron chi connectivity index (χ3n) is 4.61. The molecule has 2 aromatic carbocycles. The zero-order chi connectivity index (χ0) is 18.0. The largest absolute Gasteiger partial charge is 0.326 e. The van der Waals surface area contributed by atoms with Crippen LogP contribution in [0.25, 0.3) is 0 Å². The number of anilines is 2. The van der Waals surface area contributed by atoms with Gasteiger partial charge in [-0.3, -0.25) is 9.59 Å². The molecule has 2 aromatic rings. The van der Waals surface area contributed by atoms with Gasteiger partial charge < -0.3 is 10.2 Å². The quantitative estimate of drug-likeness (QED) is 0.830. The van der Waals surface area contributed by atoms with E-state index in [2.05, 4.69) is 28.2 Å². The Bertz CT molecular complexity index is 819. The van der Waals surface area contributed by atoms with Crippen LogP contribution in [0.2, 0.25) is 0 Å². The molecule has 2 amide bonds. The first-order valence-electron chi connectivity index (χ1n) is 8.45. The average molecular weight is 401 g/mol. The van der Waals surface area contributed by atoms with Crippen LogP contribution in [-0.2, 0) is 16.0 Å². The summed E-state index contributed by atoms with van der Waals surface area (Å²) in [5.41, 5.74) is 3.82. The Morgan fingerprint density at radius 1 is 1.28 bits per heavy atom. The maximum absolute atomic E-state index is 12.6. The molecule has 1 saturated heterocycles. The SMILES string of the molecule is CCc1ccccc1N1CC(C(=O)Nc2ccc(Br)cc2C)CC1=O. The van der Waals surface area contributed by atoms with E-state index in [-0.39, 0.29) is 24.2 Å². The Hall–Kier alpha value is -2.14. The molecule has 1 N–H and O–H groups in total. The lowest BCUT2D eigenvalue weighted by atomic mass is 10.1. The van der Waals surface area contributed by atoms with Gasteiger partial charge in [-0.25, -0.2) is 0 Å².